The lowest BCUT2D eigenvalue weighted by atomic mass is 10.1. The Bertz CT molecular complexity index is 524. The van der Waals surface area contributed by atoms with Gasteiger partial charge < -0.3 is 15.6 Å². The summed E-state index contributed by atoms with van der Waals surface area (Å²) >= 11 is 0. The molecule has 2 aromatic heterocycles. The fourth-order valence-electron chi connectivity index (χ4n) is 2.39. The first-order valence-corrected chi connectivity index (χ1v) is 5.56. The lowest BCUT2D eigenvalue weighted by Gasteiger charge is -2.12. The Morgan fingerprint density at radius 2 is 2.44 bits per heavy atom. The molecule has 5 nitrogen and oxygen atoms in total. The van der Waals surface area contributed by atoms with E-state index in [-0.39, 0.29) is 0 Å². The van der Waals surface area contributed by atoms with Gasteiger partial charge in [0.15, 0.2) is 0 Å². The van der Waals surface area contributed by atoms with E-state index in [4.69, 9.17) is 5.73 Å². The molecule has 1 aliphatic rings. The first-order chi connectivity index (χ1) is 7.75. The number of rotatable bonds is 1. The lowest BCUT2D eigenvalue weighted by molar-refractivity contribution is 0.631. The van der Waals surface area contributed by atoms with Crippen LogP contribution >= 0.6 is 0 Å². The van der Waals surface area contributed by atoms with Crippen molar-refractivity contribution in [1.29, 1.82) is 0 Å². The zero-order chi connectivity index (χ0) is 11.1. The minimum Gasteiger partial charge on any atom is -0.384 e. The zero-order valence-corrected chi connectivity index (χ0v) is 9.27. The van der Waals surface area contributed by atoms with Crippen molar-refractivity contribution in [3.05, 3.63) is 18.1 Å². The van der Waals surface area contributed by atoms with Crippen molar-refractivity contribution in [1.82, 2.24) is 19.9 Å². The van der Waals surface area contributed by atoms with Crippen LogP contribution in [0.4, 0.5) is 5.82 Å². The number of hydrogen-bond acceptors (Lipinski definition) is 4. The van der Waals surface area contributed by atoms with Crippen molar-refractivity contribution in [3.63, 3.8) is 0 Å². The SMILES string of the molecule is Cn1cnc2cc(N)nc(C3CCCN3)c21. The maximum Gasteiger partial charge on any atom is 0.126 e. The summed E-state index contributed by atoms with van der Waals surface area (Å²) in [5.41, 5.74) is 8.87. The van der Waals surface area contributed by atoms with Crippen LogP contribution in [0.5, 0.6) is 0 Å². The van der Waals surface area contributed by atoms with Crippen LogP contribution in [-0.2, 0) is 7.05 Å². The summed E-state index contributed by atoms with van der Waals surface area (Å²) in [6.45, 7) is 1.06. The number of nitrogens with one attached hydrogen (secondary N) is 1. The Balaban J connectivity index is 2.23. The molecule has 84 valence electrons. The number of nitrogens with two attached hydrogens (primary N) is 1. The number of nitrogens with zero attached hydrogens (tertiary/aromatic N) is 3. The van der Waals surface area contributed by atoms with Gasteiger partial charge in [0.1, 0.15) is 5.82 Å². The van der Waals surface area contributed by atoms with Gasteiger partial charge in [-0.3, -0.25) is 0 Å². The highest BCUT2D eigenvalue weighted by molar-refractivity contribution is 5.80. The van der Waals surface area contributed by atoms with Crippen LogP contribution in [0.25, 0.3) is 11.0 Å². The topological polar surface area (TPSA) is 68.8 Å². The standard InChI is InChI=1S/C11H15N5/c1-16-6-14-8-5-9(12)15-10(11(8)16)7-3-2-4-13-7/h5-7,13H,2-4H2,1H3,(H2,12,15). The first-order valence-electron chi connectivity index (χ1n) is 5.56. The molecule has 1 saturated heterocycles. The van der Waals surface area contributed by atoms with E-state index in [1.54, 1.807) is 0 Å². The summed E-state index contributed by atoms with van der Waals surface area (Å²) in [7, 11) is 1.99. The molecule has 16 heavy (non-hydrogen) atoms. The van der Waals surface area contributed by atoms with Gasteiger partial charge in [0.05, 0.1) is 29.1 Å². The molecule has 0 saturated carbocycles. The molecule has 1 fully saturated rings. The second-order valence-electron chi connectivity index (χ2n) is 4.30. The highest BCUT2D eigenvalue weighted by Gasteiger charge is 2.22. The average molecular weight is 217 g/mol. The average Bonchev–Trinajstić information content (AvgIpc) is 2.87. The monoisotopic (exact) mass is 217 g/mol. The van der Waals surface area contributed by atoms with Crippen LogP contribution in [0, 0.1) is 0 Å². The van der Waals surface area contributed by atoms with Gasteiger partial charge in [0.2, 0.25) is 0 Å². The predicted molar refractivity (Wildman–Crippen MR) is 62.9 cm³/mol. The maximum absolute atomic E-state index is 5.81. The number of aryl methyl sites for hydroxylation is 1. The Labute approximate surface area is 93.7 Å². The van der Waals surface area contributed by atoms with Gasteiger partial charge in [0.25, 0.3) is 0 Å². The molecule has 3 rings (SSSR count). The van der Waals surface area contributed by atoms with Crippen LogP contribution in [-0.4, -0.2) is 21.1 Å². The molecule has 3 heterocycles. The summed E-state index contributed by atoms with van der Waals surface area (Å²) in [6.07, 6.45) is 4.13. The van der Waals surface area contributed by atoms with Crippen molar-refractivity contribution >= 4 is 16.9 Å². The van der Waals surface area contributed by atoms with Crippen LogP contribution in [0.1, 0.15) is 24.6 Å². The largest absolute Gasteiger partial charge is 0.384 e. The second-order valence-corrected chi connectivity index (χ2v) is 4.30. The third-order valence-corrected chi connectivity index (χ3v) is 3.13. The molecule has 3 N–H and O–H groups in total. The molecule has 0 amide bonds. The van der Waals surface area contributed by atoms with Gasteiger partial charge in [-0.2, -0.15) is 0 Å². The predicted octanol–water partition coefficient (Wildman–Crippen LogP) is 0.975. The number of imidazole rings is 1. The normalized spacial score (nSPS) is 20.7. The number of nitrogen functional groups attached to an aromatic ring is 1. The van der Waals surface area contributed by atoms with E-state index in [0.29, 0.717) is 11.9 Å². The summed E-state index contributed by atoms with van der Waals surface area (Å²) in [4.78, 5) is 8.80. The minimum absolute atomic E-state index is 0.321. The highest BCUT2D eigenvalue weighted by atomic mass is 15.1. The van der Waals surface area contributed by atoms with Crippen molar-refractivity contribution in [3.8, 4) is 0 Å². The number of fused-ring (bicyclic) bond motifs is 1. The van der Waals surface area contributed by atoms with E-state index in [0.717, 1.165) is 29.7 Å². The van der Waals surface area contributed by atoms with Crippen LogP contribution < -0.4 is 11.1 Å². The van der Waals surface area contributed by atoms with Gasteiger partial charge >= 0.3 is 0 Å². The van der Waals surface area contributed by atoms with Crippen molar-refractivity contribution in [2.75, 3.05) is 12.3 Å². The molecule has 2 aromatic rings. The zero-order valence-electron chi connectivity index (χ0n) is 9.27. The summed E-state index contributed by atoms with van der Waals surface area (Å²) < 4.78 is 2.01. The summed E-state index contributed by atoms with van der Waals surface area (Å²) in [5.74, 6) is 0.551. The van der Waals surface area contributed by atoms with Crippen molar-refractivity contribution in [2.45, 2.75) is 18.9 Å². The Morgan fingerprint density at radius 3 is 3.19 bits per heavy atom. The molecule has 0 radical (unpaired) electrons. The van der Waals surface area contributed by atoms with E-state index in [9.17, 15) is 0 Å². The smallest absolute Gasteiger partial charge is 0.126 e. The lowest BCUT2D eigenvalue weighted by Crippen LogP contribution is -2.16. The Kier molecular flexibility index (Phi) is 2.07. The Morgan fingerprint density at radius 1 is 1.56 bits per heavy atom. The molecule has 1 unspecified atom stereocenters. The minimum atomic E-state index is 0.321. The van der Waals surface area contributed by atoms with E-state index in [1.165, 1.54) is 6.42 Å². The molecule has 0 bridgehead atoms. The van der Waals surface area contributed by atoms with Crippen LogP contribution in [0.15, 0.2) is 12.4 Å². The molecule has 5 heteroatoms. The number of anilines is 1. The van der Waals surface area contributed by atoms with Gasteiger partial charge in [-0.1, -0.05) is 0 Å². The van der Waals surface area contributed by atoms with Crippen molar-refractivity contribution in [2.24, 2.45) is 7.05 Å². The summed E-state index contributed by atoms with van der Waals surface area (Å²) in [5, 5.41) is 3.45. The van der Waals surface area contributed by atoms with Crippen molar-refractivity contribution < 1.29 is 0 Å². The first kappa shape index (κ1) is 9.59. The molecule has 0 aromatic carbocycles. The third kappa shape index (κ3) is 1.36. The number of pyridine rings is 1. The second kappa shape index (κ2) is 3.45. The van der Waals surface area contributed by atoms with Gasteiger partial charge in [-0.05, 0) is 19.4 Å². The van der Waals surface area contributed by atoms with Gasteiger partial charge in [0, 0.05) is 13.1 Å². The fraction of sp³-hybridized carbons (Fsp3) is 0.455. The van der Waals surface area contributed by atoms with Crippen LogP contribution in [0.3, 0.4) is 0 Å². The maximum atomic E-state index is 5.81. The van der Waals surface area contributed by atoms with E-state index in [2.05, 4.69) is 15.3 Å². The van der Waals surface area contributed by atoms with E-state index in [1.807, 2.05) is 24.0 Å². The molecule has 0 aliphatic carbocycles. The van der Waals surface area contributed by atoms with E-state index < -0.39 is 0 Å². The Hall–Kier alpha value is -1.62. The van der Waals surface area contributed by atoms with Gasteiger partial charge in [-0.15, -0.1) is 0 Å². The van der Waals surface area contributed by atoms with E-state index >= 15 is 0 Å². The number of aromatic nitrogens is 3. The third-order valence-electron chi connectivity index (χ3n) is 3.13. The highest BCUT2D eigenvalue weighted by Crippen LogP contribution is 2.28. The quantitative estimate of drug-likeness (QED) is 0.747. The molecule has 1 aliphatic heterocycles. The molecular formula is C11H15N5. The van der Waals surface area contributed by atoms with Crippen LogP contribution in [0.2, 0.25) is 0 Å². The fourth-order valence-corrected chi connectivity index (χ4v) is 2.39. The molecular weight excluding hydrogens is 202 g/mol. The number of hydrogen-bond donors (Lipinski definition) is 2. The molecule has 0 spiro atoms. The summed E-state index contributed by atoms with van der Waals surface area (Å²) in [6, 6.07) is 2.15. The molecule has 1 atom stereocenters. The van der Waals surface area contributed by atoms with Gasteiger partial charge in [-0.25, -0.2) is 9.97 Å².